The van der Waals surface area contributed by atoms with Gasteiger partial charge in [-0.05, 0) is 58.6 Å². The molecule has 3 unspecified atom stereocenters. The molecule has 1 saturated carbocycles. The molecule has 1 aliphatic carbocycles. The third-order valence-electron chi connectivity index (χ3n) is 6.05. The number of hydrogen-bond acceptors (Lipinski definition) is 10. The summed E-state index contributed by atoms with van der Waals surface area (Å²) in [5.41, 5.74) is 0.653. The second kappa shape index (κ2) is 10.9. The second-order valence-electron chi connectivity index (χ2n) is 10.1. The normalized spacial score (nSPS) is 18.9. The maximum Gasteiger partial charge on any atom is 0.415 e. The maximum absolute atomic E-state index is 12.9. The van der Waals surface area contributed by atoms with Crippen LogP contribution in [0.25, 0.3) is 5.65 Å². The number of carbonyl (C=O) groups excluding carboxylic acids is 1. The van der Waals surface area contributed by atoms with Crippen molar-refractivity contribution in [1.29, 1.82) is 0 Å². The van der Waals surface area contributed by atoms with E-state index in [9.17, 15) is 15.0 Å². The number of amides is 1. The molecule has 1 fully saturated rings. The van der Waals surface area contributed by atoms with Crippen molar-refractivity contribution in [3.8, 4) is 5.88 Å². The molecular weight excluding hydrogens is 478 g/mol. The van der Waals surface area contributed by atoms with Gasteiger partial charge in [0, 0.05) is 25.4 Å². The molecule has 4 N–H and O–H groups in total. The summed E-state index contributed by atoms with van der Waals surface area (Å²) >= 11 is 0. The van der Waals surface area contributed by atoms with Crippen LogP contribution >= 0.6 is 0 Å². The fourth-order valence-electron chi connectivity index (χ4n) is 4.30. The summed E-state index contributed by atoms with van der Waals surface area (Å²) in [5, 5.41) is 31.9. The molecule has 0 saturated heterocycles. The van der Waals surface area contributed by atoms with Gasteiger partial charge >= 0.3 is 6.09 Å². The van der Waals surface area contributed by atoms with Crippen LogP contribution < -0.4 is 20.3 Å². The number of carbonyl (C=O) groups is 1. The number of ether oxygens (including phenoxy) is 2. The van der Waals surface area contributed by atoms with E-state index in [2.05, 4.69) is 25.7 Å². The van der Waals surface area contributed by atoms with E-state index < -0.39 is 17.9 Å². The lowest BCUT2D eigenvalue weighted by molar-refractivity contribution is 0.0587. The van der Waals surface area contributed by atoms with Crippen molar-refractivity contribution in [2.45, 2.75) is 70.4 Å². The Morgan fingerprint density at radius 2 is 2.11 bits per heavy atom. The standard InChI is InChI=1S/C25H35N7O5/c1-25(2,3)37-24(35)31(4)20-13-19(29-18-10-7-11-26-23(18)36-5)30-21-17(14-27-32(20)21)22(34)28-15-8-6-9-16(33)12-15/h7,10-11,13-16,22,28,33-34H,6,8-9,12H2,1-5H3,(H,29,30). The topological polar surface area (TPSA) is 146 Å². The summed E-state index contributed by atoms with van der Waals surface area (Å²) in [5.74, 6) is 1.12. The summed E-state index contributed by atoms with van der Waals surface area (Å²) in [6.45, 7) is 5.37. The Bertz CT molecular complexity index is 1240. The number of methoxy groups -OCH3 is 1. The number of nitrogens with one attached hydrogen (secondary N) is 2. The number of fused-ring (bicyclic) bond motifs is 1. The number of anilines is 3. The number of nitrogens with zero attached hydrogens (tertiary/aromatic N) is 5. The Balaban J connectivity index is 1.73. The highest BCUT2D eigenvalue weighted by molar-refractivity contribution is 5.87. The van der Waals surface area contributed by atoms with Crippen LogP contribution in [0.3, 0.4) is 0 Å². The maximum atomic E-state index is 12.9. The van der Waals surface area contributed by atoms with Gasteiger partial charge in [-0.1, -0.05) is 0 Å². The first-order valence-corrected chi connectivity index (χ1v) is 12.3. The van der Waals surface area contributed by atoms with Gasteiger partial charge in [0.2, 0.25) is 5.88 Å². The molecule has 1 amide bonds. The largest absolute Gasteiger partial charge is 0.480 e. The van der Waals surface area contributed by atoms with Gasteiger partial charge in [0.05, 0.1) is 25.0 Å². The molecule has 0 spiro atoms. The first-order valence-electron chi connectivity index (χ1n) is 12.3. The van der Waals surface area contributed by atoms with E-state index in [1.165, 1.54) is 22.7 Å². The molecule has 3 heterocycles. The molecule has 3 aromatic heterocycles. The lowest BCUT2D eigenvalue weighted by Gasteiger charge is -2.28. The average Bonchev–Trinajstić information content (AvgIpc) is 3.26. The van der Waals surface area contributed by atoms with E-state index in [1.54, 1.807) is 52.2 Å². The Hall–Kier alpha value is -3.48. The van der Waals surface area contributed by atoms with E-state index in [-0.39, 0.29) is 12.1 Å². The Morgan fingerprint density at radius 1 is 1.32 bits per heavy atom. The van der Waals surface area contributed by atoms with Gasteiger partial charge in [-0.3, -0.25) is 10.2 Å². The van der Waals surface area contributed by atoms with E-state index in [0.29, 0.717) is 40.8 Å². The molecule has 37 heavy (non-hydrogen) atoms. The molecule has 200 valence electrons. The molecule has 0 aliphatic heterocycles. The SMILES string of the molecule is COc1ncccc1Nc1cc(N(C)C(=O)OC(C)(C)C)n2ncc(C(O)NC3CCCC(O)C3)c2n1. The molecular formula is C25H35N7O5. The second-order valence-corrected chi connectivity index (χ2v) is 10.1. The van der Waals surface area contributed by atoms with Crippen LogP contribution in [0.1, 0.15) is 58.2 Å². The fraction of sp³-hybridized carbons (Fsp3) is 0.520. The molecule has 12 nitrogen and oxygen atoms in total. The van der Waals surface area contributed by atoms with Crippen molar-refractivity contribution in [3.63, 3.8) is 0 Å². The zero-order valence-corrected chi connectivity index (χ0v) is 21.8. The molecule has 0 radical (unpaired) electrons. The van der Waals surface area contributed by atoms with Gasteiger partial charge in [0.25, 0.3) is 0 Å². The van der Waals surface area contributed by atoms with Crippen LogP contribution in [0, 0.1) is 0 Å². The zero-order valence-electron chi connectivity index (χ0n) is 21.8. The van der Waals surface area contributed by atoms with Gasteiger partial charge in [-0.2, -0.15) is 9.61 Å². The first kappa shape index (κ1) is 26.6. The number of aromatic nitrogens is 4. The molecule has 4 rings (SSSR count). The highest BCUT2D eigenvalue weighted by atomic mass is 16.6. The average molecular weight is 514 g/mol. The van der Waals surface area contributed by atoms with Crippen LogP contribution in [0.4, 0.5) is 22.1 Å². The molecule has 3 atom stereocenters. The smallest absolute Gasteiger partial charge is 0.415 e. The fourth-order valence-corrected chi connectivity index (χ4v) is 4.30. The number of pyridine rings is 1. The van der Waals surface area contributed by atoms with Crippen molar-refractivity contribution >= 4 is 29.1 Å². The Labute approximate surface area is 215 Å². The van der Waals surface area contributed by atoms with Crippen molar-refractivity contribution in [2.75, 3.05) is 24.4 Å². The van der Waals surface area contributed by atoms with Crippen LogP contribution in [0.5, 0.6) is 5.88 Å². The lowest BCUT2D eigenvalue weighted by atomic mass is 9.93. The number of aliphatic hydroxyl groups excluding tert-OH is 2. The molecule has 12 heteroatoms. The van der Waals surface area contributed by atoms with E-state index >= 15 is 0 Å². The third-order valence-corrected chi connectivity index (χ3v) is 6.05. The number of rotatable bonds is 7. The van der Waals surface area contributed by atoms with Gasteiger partial charge in [0.1, 0.15) is 29.2 Å². The van der Waals surface area contributed by atoms with Crippen molar-refractivity contribution in [2.24, 2.45) is 0 Å². The molecule has 3 aromatic rings. The predicted molar refractivity (Wildman–Crippen MR) is 138 cm³/mol. The number of hydrogen-bond donors (Lipinski definition) is 4. The monoisotopic (exact) mass is 513 g/mol. The minimum absolute atomic E-state index is 0.0430. The van der Waals surface area contributed by atoms with Crippen LogP contribution in [-0.2, 0) is 4.74 Å². The Morgan fingerprint density at radius 3 is 2.81 bits per heavy atom. The quantitative estimate of drug-likeness (QED) is 0.348. The summed E-state index contributed by atoms with van der Waals surface area (Å²) in [6.07, 6.45) is 4.14. The lowest BCUT2D eigenvalue weighted by Crippen LogP contribution is -2.38. The number of aliphatic hydroxyl groups is 2. The van der Waals surface area contributed by atoms with E-state index in [4.69, 9.17) is 9.47 Å². The van der Waals surface area contributed by atoms with Gasteiger partial charge < -0.3 is 25.0 Å². The van der Waals surface area contributed by atoms with Gasteiger partial charge in [0.15, 0.2) is 5.65 Å². The summed E-state index contributed by atoms with van der Waals surface area (Å²) in [6, 6.07) is 5.15. The van der Waals surface area contributed by atoms with E-state index in [0.717, 1.165) is 19.3 Å². The van der Waals surface area contributed by atoms with Gasteiger partial charge in [-0.15, -0.1) is 0 Å². The third kappa shape index (κ3) is 6.27. The Kier molecular flexibility index (Phi) is 7.81. The minimum atomic E-state index is -1.08. The van der Waals surface area contributed by atoms with Crippen LogP contribution in [0.15, 0.2) is 30.6 Å². The van der Waals surface area contributed by atoms with Gasteiger partial charge in [-0.25, -0.2) is 14.8 Å². The van der Waals surface area contributed by atoms with Crippen molar-refractivity contribution < 1.29 is 24.5 Å². The van der Waals surface area contributed by atoms with Crippen molar-refractivity contribution in [1.82, 2.24) is 24.9 Å². The highest BCUT2D eigenvalue weighted by Crippen LogP contribution is 2.30. The van der Waals surface area contributed by atoms with Crippen LogP contribution in [0.2, 0.25) is 0 Å². The first-order chi connectivity index (χ1) is 17.6. The molecule has 0 bridgehead atoms. The van der Waals surface area contributed by atoms with E-state index in [1.807, 2.05) is 0 Å². The molecule has 1 aliphatic rings. The van der Waals surface area contributed by atoms with Crippen LogP contribution in [-0.4, -0.2) is 67.8 Å². The van der Waals surface area contributed by atoms with Crippen molar-refractivity contribution in [3.05, 3.63) is 36.2 Å². The summed E-state index contributed by atoms with van der Waals surface area (Å²) in [4.78, 5) is 23.1. The zero-order chi connectivity index (χ0) is 26.7. The minimum Gasteiger partial charge on any atom is -0.480 e. The molecule has 0 aromatic carbocycles. The highest BCUT2D eigenvalue weighted by Gasteiger charge is 2.27. The summed E-state index contributed by atoms with van der Waals surface area (Å²) < 4.78 is 12.4. The predicted octanol–water partition coefficient (Wildman–Crippen LogP) is 3.13. The summed E-state index contributed by atoms with van der Waals surface area (Å²) in [7, 11) is 3.10.